The van der Waals surface area contributed by atoms with Crippen LogP contribution in [-0.4, -0.2) is 71.0 Å². The maximum atomic E-state index is 14.5. The van der Waals surface area contributed by atoms with Crippen LogP contribution in [0, 0.1) is 11.8 Å². The van der Waals surface area contributed by atoms with Gasteiger partial charge >= 0.3 is 0 Å². The Kier molecular flexibility index (Phi) is 11.0. The largest absolute Gasteiger partial charge is 0.495 e. The lowest BCUT2D eigenvalue weighted by atomic mass is 10.1. The van der Waals surface area contributed by atoms with Crippen LogP contribution >= 0.6 is 10.8 Å². The number of methoxy groups -OCH3 is 1. The van der Waals surface area contributed by atoms with E-state index in [1.807, 2.05) is 20.0 Å². The first kappa shape index (κ1) is 31.4. The Labute approximate surface area is 235 Å². The number of ether oxygens (including phenoxy) is 1. The van der Waals surface area contributed by atoms with Crippen molar-refractivity contribution in [3.8, 4) is 17.6 Å². The SMILES string of the molecule is CCN(C)CCC(Nc1cccc2c1cc(C#CCNc1ccc(S(N)(O)O)cc1OC)n2CC(F)F)C(C)F. The van der Waals surface area contributed by atoms with Crippen molar-refractivity contribution in [1.29, 1.82) is 0 Å². The lowest BCUT2D eigenvalue weighted by Crippen LogP contribution is -2.33. The molecular weight excluding hydrogens is 543 g/mol. The monoisotopic (exact) mass is 581 g/mol. The van der Waals surface area contributed by atoms with E-state index in [0.717, 1.165) is 13.1 Å². The van der Waals surface area contributed by atoms with Crippen LogP contribution in [0.2, 0.25) is 0 Å². The number of aromatic nitrogens is 1. The summed E-state index contributed by atoms with van der Waals surface area (Å²) >= 11 is 0. The van der Waals surface area contributed by atoms with Gasteiger partial charge in [0.1, 0.15) is 11.9 Å². The molecule has 1 heterocycles. The Morgan fingerprint density at radius 2 is 1.90 bits per heavy atom. The smallest absolute Gasteiger partial charge is 0.256 e. The van der Waals surface area contributed by atoms with Gasteiger partial charge in [0.05, 0.1) is 48.0 Å². The average molecular weight is 582 g/mol. The van der Waals surface area contributed by atoms with E-state index < -0.39 is 36.0 Å². The van der Waals surface area contributed by atoms with E-state index in [1.165, 1.54) is 30.7 Å². The molecule has 0 spiro atoms. The first-order chi connectivity index (χ1) is 18.9. The summed E-state index contributed by atoms with van der Waals surface area (Å²) in [7, 11) is 0.0178. The predicted octanol–water partition coefficient (Wildman–Crippen LogP) is 5.84. The number of nitrogens with two attached hydrogens (primary N) is 1. The number of hydrogen-bond acceptors (Lipinski definition) is 7. The molecule has 0 saturated carbocycles. The van der Waals surface area contributed by atoms with E-state index in [4.69, 9.17) is 9.88 Å². The van der Waals surface area contributed by atoms with Crippen molar-refractivity contribution in [2.75, 3.05) is 44.4 Å². The molecule has 0 aliphatic heterocycles. The summed E-state index contributed by atoms with van der Waals surface area (Å²) in [5.41, 5.74) is 2.19. The highest BCUT2D eigenvalue weighted by Crippen LogP contribution is 2.43. The van der Waals surface area contributed by atoms with Crippen LogP contribution in [0.25, 0.3) is 10.9 Å². The zero-order chi connectivity index (χ0) is 29.4. The van der Waals surface area contributed by atoms with Crippen molar-refractivity contribution < 1.29 is 27.0 Å². The van der Waals surface area contributed by atoms with Gasteiger partial charge in [-0.05, 0) is 69.7 Å². The molecule has 2 aromatic carbocycles. The first-order valence-corrected chi connectivity index (χ1v) is 14.5. The highest BCUT2D eigenvalue weighted by atomic mass is 32.3. The number of benzene rings is 2. The molecule has 0 bridgehead atoms. The van der Waals surface area contributed by atoms with Crippen molar-refractivity contribution in [2.45, 2.75) is 50.3 Å². The predicted molar refractivity (Wildman–Crippen MR) is 157 cm³/mol. The fourth-order valence-corrected chi connectivity index (χ4v) is 4.81. The molecule has 0 aliphatic carbocycles. The number of rotatable bonds is 13. The summed E-state index contributed by atoms with van der Waals surface area (Å²) in [5, 5.41) is 12.5. The zero-order valence-corrected chi connectivity index (χ0v) is 23.9. The highest BCUT2D eigenvalue weighted by molar-refractivity contribution is 8.22. The quantitative estimate of drug-likeness (QED) is 0.161. The third kappa shape index (κ3) is 8.22. The molecule has 6 N–H and O–H groups in total. The summed E-state index contributed by atoms with van der Waals surface area (Å²) in [6.07, 6.45) is -3.12. The lowest BCUT2D eigenvalue weighted by Gasteiger charge is -2.26. The van der Waals surface area contributed by atoms with Crippen LogP contribution in [-0.2, 0) is 6.54 Å². The molecule has 0 radical (unpaired) electrons. The van der Waals surface area contributed by atoms with E-state index in [1.54, 1.807) is 24.3 Å². The Hall–Kier alpha value is -3.08. The van der Waals surface area contributed by atoms with E-state index >= 15 is 0 Å². The zero-order valence-electron chi connectivity index (χ0n) is 23.1. The first-order valence-electron chi connectivity index (χ1n) is 12.9. The molecule has 0 fully saturated rings. The lowest BCUT2D eigenvalue weighted by molar-refractivity contribution is 0.128. The average Bonchev–Trinajstić information content (AvgIpc) is 3.25. The van der Waals surface area contributed by atoms with Crippen molar-refractivity contribution in [2.24, 2.45) is 5.14 Å². The minimum Gasteiger partial charge on any atom is -0.495 e. The molecule has 8 nitrogen and oxygen atoms in total. The molecule has 2 unspecified atom stereocenters. The molecule has 0 saturated heterocycles. The van der Waals surface area contributed by atoms with Gasteiger partial charge < -0.3 is 24.8 Å². The fourth-order valence-electron chi connectivity index (χ4n) is 4.26. The minimum atomic E-state index is -3.39. The van der Waals surface area contributed by atoms with Crippen LogP contribution < -0.4 is 20.5 Å². The highest BCUT2D eigenvalue weighted by Gasteiger charge is 2.20. The topological polar surface area (TPSA) is 108 Å². The van der Waals surface area contributed by atoms with Gasteiger partial charge in [-0.25, -0.2) is 18.3 Å². The van der Waals surface area contributed by atoms with E-state index in [-0.39, 0.29) is 11.4 Å². The van der Waals surface area contributed by atoms with Gasteiger partial charge in [0.25, 0.3) is 6.43 Å². The van der Waals surface area contributed by atoms with Crippen LogP contribution in [0.4, 0.5) is 24.5 Å². The summed E-state index contributed by atoms with van der Waals surface area (Å²) < 4.78 is 67.7. The summed E-state index contributed by atoms with van der Waals surface area (Å²) in [6.45, 7) is 4.75. The van der Waals surface area contributed by atoms with Crippen LogP contribution in [0.1, 0.15) is 26.0 Å². The number of alkyl halides is 3. The number of nitrogens with zero attached hydrogens (tertiary/aromatic N) is 2. The van der Waals surface area contributed by atoms with Gasteiger partial charge in [0.2, 0.25) is 0 Å². The number of anilines is 2. The number of hydrogen-bond donors (Lipinski definition) is 5. The molecule has 3 aromatic rings. The van der Waals surface area contributed by atoms with Gasteiger partial charge in [-0.3, -0.25) is 9.11 Å². The van der Waals surface area contributed by atoms with Crippen molar-refractivity contribution in [3.63, 3.8) is 0 Å². The summed E-state index contributed by atoms with van der Waals surface area (Å²) in [6, 6.07) is 11.1. The molecule has 12 heteroatoms. The number of fused-ring (bicyclic) bond motifs is 1. The van der Waals surface area contributed by atoms with E-state index in [0.29, 0.717) is 40.1 Å². The molecule has 1 aromatic heterocycles. The van der Waals surface area contributed by atoms with Crippen molar-refractivity contribution >= 4 is 33.1 Å². The molecule has 40 heavy (non-hydrogen) atoms. The van der Waals surface area contributed by atoms with Gasteiger partial charge in [-0.2, -0.15) is 0 Å². The summed E-state index contributed by atoms with van der Waals surface area (Å²) in [4.78, 5) is 2.23. The van der Waals surface area contributed by atoms with Crippen molar-refractivity contribution in [1.82, 2.24) is 9.47 Å². The molecule has 3 rings (SSSR count). The Bertz CT molecular complexity index is 1330. The molecule has 220 valence electrons. The maximum absolute atomic E-state index is 14.5. The Morgan fingerprint density at radius 3 is 2.52 bits per heavy atom. The molecule has 0 aliphatic rings. The molecule has 2 atom stereocenters. The normalized spacial score (nSPS) is 13.7. The third-order valence-electron chi connectivity index (χ3n) is 6.63. The Morgan fingerprint density at radius 1 is 1.15 bits per heavy atom. The molecule has 0 amide bonds. The molecular formula is C28H38F3N5O3S. The minimum absolute atomic E-state index is 0.128. The van der Waals surface area contributed by atoms with Gasteiger partial charge in [-0.1, -0.05) is 18.9 Å². The van der Waals surface area contributed by atoms with E-state index in [9.17, 15) is 22.3 Å². The van der Waals surface area contributed by atoms with Crippen LogP contribution in [0.15, 0.2) is 47.4 Å². The van der Waals surface area contributed by atoms with Crippen LogP contribution in [0.5, 0.6) is 5.75 Å². The second-order valence-electron chi connectivity index (χ2n) is 9.49. The van der Waals surface area contributed by atoms with Gasteiger partial charge in [0.15, 0.2) is 0 Å². The van der Waals surface area contributed by atoms with E-state index in [2.05, 4.69) is 27.4 Å². The fraction of sp³-hybridized carbons (Fsp3) is 0.429. The second kappa shape index (κ2) is 14.0. The third-order valence-corrected chi connectivity index (χ3v) is 7.57. The number of halogens is 3. The standard InChI is InChI=1S/C28H38F3N5O3S/c1-5-35(3)15-13-23(19(2)29)34-24-9-6-10-26-22(24)16-20(36(26)18-28(30)31)8-7-14-33-25-12-11-21(40(32,37)38)17-27(25)39-4/h6,9-12,16-17,19,23,28,33-34,37-38H,5,13-15,18,32H2,1-4H3. The maximum Gasteiger partial charge on any atom is 0.256 e. The van der Waals surface area contributed by atoms with Crippen molar-refractivity contribution in [3.05, 3.63) is 48.2 Å². The van der Waals surface area contributed by atoms with Crippen LogP contribution in [0.3, 0.4) is 0 Å². The summed E-state index contributed by atoms with van der Waals surface area (Å²) in [5.74, 6) is 6.27. The Balaban J connectivity index is 1.87. The van der Waals surface area contributed by atoms with Gasteiger partial charge in [0, 0.05) is 17.1 Å². The number of nitrogens with one attached hydrogen (secondary N) is 2. The van der Waals surface area contributed by atoms with Gasteiger partial charge in [-0.15, -0.1) is 10.8 Å². The second-order valence-corrected chi connectivity index (χ2v) is 11.2.